The van der Waals surface area contributed by atoms with Crippen LogP contribution in [0.2, 0.25) is 0 Å². The van der Waals surface area contributed by atoms with E-state index in [2.05, 4.69) is 254 Å². The standard InChI is InChI=1S/C63H41N/c1-2-18-45(19-3-1)62-51-22-7-6-17-43(51)34-38-52(62)44-32-35-48(36-33-44)64(61-29-15-11-21-50(61)47-31-30-42-16-4-5-20-46(42)40-47)49-37-39-60-56(41-49)55-25-10-14-28-59(55)63(60)57-26-12-8-23-53(57)54-24-9-13-27-58(54)63/h1-41H. The first-order valence-electron chi connectivity index (χ1n) is 22.3. The van der Waals surface area contributed by atoms with Gasteiger partial charge in [-0.15, -0.1) is 0 Å². The number of fused-ring (bicyclic) bond motifs is 12. The van der Waals surface area contributed by atoms with E-state index in [4.69, 9.17) is 0 Å². The summed E-state index contributed by atoms with van der Waals surface area (Å²) in [7, 11) is 0. The van der Waals surface area contributed by atoms with Crippen molar-refractivity contribution in [2.45, 2.75) is 5.41 Å². The van der Waals surface area contributed by atoms with Crippen LogP contribution in [0.15, 0.2) is 249 Å². The summed E-state index contributed by atoms with van der Waals surface area (Å²) in [6, 6.07) is 92.1. The molecule has 1 heteroatoms. The number of para-hydroxylation sites is 1. The molecule has 0 fully saturated rings. The summed E-state index contributed by atoms with van der Waals surface area (Å²) in [5.74, 6) is 0. The molecule has 1 spiro atoms. The Labute approximate surface area is 373 Å². The van der Waals surface area contributed by atoms with E-state index >= 15 is 0 Å². The minimum atomic E-state index is -0.399. The molecule has 0 radical (unpaired) electrons. The van der Waals surface area contributed by atoms with Gasteiger partial charge in [0.05, 0.1) is 11.1 Å². The van der Waals surface area contributed by atoms with Gasteiger partial charge < -0.3 is 4.90 Å². The van der Waals surface area contributed by atoms with Crippen LogP contribution < -0.4 is 4.90 Å². The topological polar surface area (TPSA) is 3.24 Å². The summed E-state index contributed by atoms with van der Waals surface area (Å²) in [4.78, 5) is 2.47. The average Bonchev–Trinajstić information content (AvgIpc) is 3.84. The minimum absolute atomic E-state index is 0.399. The summed E-state index contributed by atoms with van der Waals surface area (Å²) in [5.41, 5.74) is 20.7. The minimum Gasteiger partial charge on any atom is -0.310 e. The highest BCUT2D eigenvalue weighted by Crippen LogP contribution is 2.63. The molecule has 0 saturated heterocycles. The van der Waals surface area contributed by atoms with Gasteiger partial charge in [0.25, 0.3) is 0 Å². The van der Waals surface area contributed by atoms with Crippen molar-refractivity contribution in [1.29, 1.82) is 0 Å². The number of hydrogen-bond donors (Lipinski definition) is 0. The summed E-state index contributed by atoms with van der Waals surface area (Å²) < 4.78 is 0. The molecule has 64 heavy (non-hydrogen) atoms. The Hall–Kier alpha value is -8.26. The predicted octanol–water partition coefficient (Wildman–Crippen LogP) is 16.8. The molecule has 0 N–H and O–H groups in total. The van der Waals surface area contributed by atoms with Gasteiger partial charge in [0, 0.05) is 16.9 Å². The lowest BCUT2D eigenvalue weighted by atomic mass is 9.70. The molecule has 1 nitrogen and oxygen atoms in total. The van der Waals surface area contributed by atoms with E-state index in [0.29, 0.717) is 0 Å². The van der Waals surface area contributed by atoms with E-state index in [1.165, 1.54) is 99.4 Å². The Morgan fingerprint density at radius 2 is 0.781 bits per heavy atom. The third kappa shape index (κ3) is 5.38. The smallest absolute Gasteiger partial charge is 0.0725 e. The van der Waals surface area contributed by atoms with Crippen LogP contribution in [0.4, 0.5) is 17.1 Å². The summed E-state index contributed by atoms with van der Waals surface area (Å²) in [6.45, 7) is 0. The highest BCUT2D eigenvalue weighted by atomic mass is 15.1. The van der Waals surface area contributed by atoms with Gasteiger partial charge in [0.2, 0.25) is 0 Å². The summed E-state index contributed by atoms with van der Waals surface area (Å²) in [5, 5.41) is 4.96. The SMILES string of the molecule is c1ccc(-c2c(-c3ccc(N(c4ccc5c(c4)-c4ccccc4C54c5ccccc5-c5ccccc54)c4ccccc4-c4ccc5ccccc5c4)cc3)ccc3ccccc23)cc1. The number of nitrogens with zero attached hydrogens (tertiary/aromatic N) is 1. The normalized spacial score (nSPS) is 12.8. The van der Waals surface area contributed by atoms with Crippen LogP contribution in [0, 0.1) is 0 Å². The molecule has 11 aromatic carbocycles. The van der Waals surface area contributed by atoms with E-state index in [9.17, 15) is 0 Å². The molecule has 298 valence electrons. The molecule has 0 aromatic heterocycles. The van der Waals surface area contributed by atoms with Crippen molar-refractivity contribution in [2.24, 2.45) is 0 Å². The van der Waals surface area contributed by atoms with Crippen molar-refractivity contribution in [2.75, 3.05) is 4.90 Å². The van der Waals surface area contributed by atoms with Gasteiger partial charge in [-0.2, -0.15) is 0 Å². The van der Waals surface area contributed by atoms with Crippen LogP contribution in [0.5, 0.6) is 0 Å². The van der Waals surface area contributed by atoms with Gasteiger partial charge in [-0.3, -0.25) is 0 Å². The van der Waals surface area contributed by atoms with Gasteiger partial charge in [-0.25, -0.2) is 0 Å². The van der Waals surface area contributed by atoms with Gasteiger partial charge >= 0.3 is 0 Å². The molecule has 0 bridgehead atoms. The highest BCUT2D eigenvalue weighted by molar-refractivity contribution is 6.05. The maximum Gasteiger partial charge on any atom is 0.0725 e. The van der Waals surface area contributed by atoms with Crippen molar-refractivity contribution < 1.29 is 0 Å². The molecule has 0 unspecified atom stereocenters. The van der Waals surface area contributed by atoms with Crippen molar-refractivity contribution in [3.8, 4) is 55.6 Å². The monoisotopic (exact) mass is 811 g/mol. The van der Waals surface area contributed by atoms with Crippen LogP contribution in [-0.4, -0.2) is 0 Å². The molecule has 11 aromatic rings. The second-order valence-corrected chi connectivity index (χ2v) is 17.2. The molecular formula is C63H41N. The van der Waals surface area contributed by atoms with Crippen molar-refractivity contribution in [3.05, 3.63) is 271 Å². The first-order valence-corrected chi connectivity index (χ1v) is 22.3. The first kappa shape index (κ1) is 36.4. The van der Waals surface area contributed by atoms with Crippen LogP contribution in [0.25, 0.3) is 77.2 Å². The Balaban J connectivity index is 1.02. The lowest BCUT2D eigenvalue weighted by Gasteiger charge is -2.31. The third-order valence-corrected chi connectivity index (χ3v) is 13.9. The predicted molar refractivity (Wildman–Crippen MR) is 269 cm³/mol. The molecule has 0 saturated carbocycles. The fraction of sp³-hybridized carbons (Fsp3) is 0.0159. The molecule has 0 amide bonds. The first-order chi connectivity index (χ1) is 31.8. The number of hydrogen-bond acceptors (Lipinski definition) is 1. The fourth-order valence-corrected chi connectivity index (χ4v) is 11.1. The molecule has 0 atom stereocenters. The molecule has 0 aliphatic heterocycles. The van der Waals surface area contributed by atoms with Gasteiger partial charge in [0.15, 0.2) is 0 Å². The highest BCUT2D eigenvalue weighted by Gasteiger charge is 2.51. The van der Waals surface area contributed by atoms with Gasteiger partial charge in [-0.05, 0) is 130 Å². The van der Waals surface area contributed by atoms with Gasteiger partial charge in [0.1, 0.15) is 0 Å². The maximum atomic E-state index is 2.47. The van der Waals surface area contributed by atoms with Crippen LogP contribution in [0.3, 0.4) is 0 Å². The van der Waals surface area contributed by atoms with Crippen LogP contribution in [-0.2, 0) is 5.41 Å². The van der Waals surface area contributed by atoms with Crippen LogP contribution in [0.1, 0.15) is 22.3 Å². The second kappa shape index (κ2) is 14.4. The molecule has 2 aliphatic rings. The van der Waals surface area contributed by atoms with E-state index in [1.807, 2.05) is 0 Å². The third-order valence-electron chi connectivity index (χ3n) is 13.9. The number of benzene rings is 11. The Morgan fingerprint density at radius 1 is 0.266 bits per heavy atom. The zero-order chi connectivity index (χ0) is 42.2. The molecule has 0 heterocycles. The zero-order valence-electron chi connectivity index (χ0n) is 35.1. The lowest BCUT2D eigenvalue weighted by molar-refractivity contribution is 0.794. The number of rotatable bonds is 6. The molecular weight excluding hydrogens is 771 g/mol. The summed E-state index contributed by atoms with van der Waals surface area (Å²) >= 11 is 0. The Bertz CT molecular complexity index is 3570. The van der Waals surface area contributed by atoms with Crippen LogP contribution >= 0.6 is 0 Å². The van der Waals surface area contributed by atoms with E-state index in [-0.39, 0.29) is 0 Å². The quantitative estimate of drug-likeness (QED) is 0.162. The second-order valence-electron chi connectivity index (χ2n) is 17.2. The number of anilines is 3. The Morgan fingerprint density at radius 3 is 1.50 bits per heavy atom. The van der Waals surface area contributed by atoms with E-state index < -0.39 is 5.41 Å². The lowest BCUT2D eigenvalue weighted by Crippen LogP contribution is -2.25. The zero-order valence-corrected chi connectivity index (χ0v) is 35.1. The Kier molecular flexibility index (Phi) is 8.20. The summed E-state index contributed by atoms with van der Waals surface area (Å²) in [6.07, 6.45) is 0. The van der Waals surface area contributed by atoms with Gasteiger partial charge in [-0.1, -0.05) is 212 Å². The largest absolute Gasteiger partial charge is 0.310 e. The van der Waals surface area contributed by atoms with Crippen molar-refractivity contribution in [3.63, 3.8) is 0 Å². The fourth-order valence-electron chi connectivity index (χ4n) is 11.1. The van der Waals surface area contributed by atoms with E-state index in [0.717, 1.165) is 17.1 Å². The maximum absolute atomic E-state index is 2.47. The van der Waals surface area contributed by atoms with Crippen molar-refractivity contribution in [1.82, 2.24) is 0 Å². The molecule has 13 rings (SSSR count). The average molecular weight is 812 g/mol. The van der Waals surface area contributed by atoms with E-state index in [1.54, 1.807) is 0 Å². The molecule has 2 aliphatic carbocycles. The van der Waals surface area contributed by atoms with Crippen molar-refractivity contribution >= 4 is 38.6 Å².